The molecule has 5 rings (SSSR count). The molecule has 2 unspecified atom stereocenters. The number of thiazole rings is 1. The standard InChI is InChI=1S/C32H30N4O5S/c1-3-40-29(37)19-27(23-15-17-28(39-2)34-20-23)31-35-24(21-42-31)10-7-11-25-16-14-22-9-8-18-33-30(22)36(25)32(38)41-26-12-5-4-6-13-26/h4-10,12-18,20-21,25,27H,3,11,19H2,1-2H3. The van der Waals surface area contributed by atoms with Crippen LogP contribution in [0.5, 0.6) is 11.6 Å². The molecule has 3 aromatic heterocycles. The molecule has 0 spiro atoms. The normalized spacial score (nSPS) is 14.8. The molecule has 1 aromatic carbocycles. The molecule has 1 amide bonds. The van der Waals surface area contributed by atoms with E-state index in [-0.39, 0.29) is 24.3 Å². The number of hydrogen-bond acceptors (Lipinski definition) is 9. The number of carbonyl (C=O) groups excluding carboxylic acids is 2. The summed E-state index contributed by atoms with van der Waals surface area (Å²) in [6.07, 6.45) is 11.3. The monoisotopic (exact) mass is 582 g/mol. The third kappa shape index (κ3) is 6.90. The van der Waals surface area contributed by atoms with Gasteiger partial charge in [0.05, 0.1) is 31.9 Å². The van der Waals surface area contributed by atoms with E-state index in [9.17, 15) is 9.59 Å². The lowest BCUT2D eigenvalue weighted by Gasteiger charge is -2.31. The van der Waals surface area contributed by atoms with Crippen LogP contribution < -0.4 is 14.4 Å². The van der Waals surface area contributed by atoms with Crippen LogP contribution in [0.4, 0.5) is 10.6 Å². The zero-order valence-electron chi connectivity index (χ0n) is 23.3. The van der Waals surface area contributed by atoms with Crippen LogP contribution in [0.2, 0.25) is 0 Å². The van der Waals surface area contributed by atoms with Gasteiger partial charge in [-0.05, 0) is 49.2 Å². The van der Waals surface area contributed by atoms with Gasteiger partial charge in [0, 0.05) is 35.3 Å². The second-order valence-electron chi connectivity index (χ2n) is 9.34. The minimum absolute atomic E-state index is 0.149. The Balaban J connectivity index is 1.33. The summed E-state index contributed by atoms with van der Waals surface area (Å²) < 4.78 is 16.1. The van der Waals surface area contributed by atoms with Gasteiger partial charge in [0.1, 0.15) is 16.6 Å². The number of anilines is 1. The van der Waals surface area contributed by atoms with Crippen LogP contribution in [0.15, 0.2) is 84.5 Å². The molecule has 4 aromatic rings. The van der Waals surface area contributed by atoms with Crippen molar-refractivity contribution < 1.29 is 23.8 Å². The van der Waals surface area contributed by atoms with Crippen molar-refractivity contribution in [2.75, 3.05) is 18.6 Å². The summed E-state index contributed by atoms with van der Waals surface area (Å²) >= 11 is 1.47. The van der Waals surface area contributed by atoms with E-state index in [0.717, 1.165) is 21.8 Å². The summed E-state index contributed by atoms with van der Waals surface area (Å²) in [6, 6.07) is 16.1. The predicted molar refractivity (Wildman–Crippen MR) is 162 cm³/mol. The maximum atomic E-state index is 13.3. The molecule has 0 bridgehead atoms. The van der Waals surface area contributed by atoms with Crippen LogP contribution in [-0.2, 0) is 9.53 Å². The number of amides is 1. The Hall–Kier alpha value is -4.83. The summed E-state index contributed by atoms with van der Waals surface area (Å²) in [4.78, 5) is 40.9. The van der Waals surface area contributed by atoms with E-state index in [1.165, 1.54) is 11.3 Å². The molecule has 10 heteroatoms. The van der Waals surface area contributed by atoms with Crippen molar-refractivity contribution >= 4 is 41.4 Å². The Kier molecular flexibility index (Phi) is 9.35. The summed E-state index contributed by atoms with van der Waals surface area (Å²) in [5.41, 5.74) is 2.44. The lowest BCUT2D eigenvalue weighted by Crippen LogP contribution is -2.43. The van der Waals surface area contributed by atoms with Gasteiger partial charge in [-0.25, -0.2) is 19.7 Å². The van der Waals surface area contributed by atoms with Crippen molar-refractivity contribution in [3.63, 3.8) is 0 Å². The first-order valence-electron chi connectivity index (χ1n) is 13.5. The molecule has 0 saturated carbocycles. The number of esters is 1. The lowest BCUT2D eigenvalue weighted by molar-refractivity contribution is -0.143. The number of methoxy groups -OCH3 is 1. The fourth-order valence-corrected chi connectivity index (χ4v) is 5.48. The number of benzene rings is 1. The number of carbonyl (C=O) groups is 2. The first-order chi connectivity index (χ1) is 20.6. The van der Waals surface area contributed by atoms with Crippen molar-refractivity contribution in [3.05, 3.63) is 106 Å². The van der Waals surface area contributed by atoms with Gasteiger partial charge in [-0.1, -0.05) is 42.5 Å². The Bertz CT molecular complexity index is 1570. The number of para-hydroxylation sites is 1. The van der Waals surface area contributed by atoms with Crippen LogP contribution in [0, 0.1) is 0 Å². The molecule has 1 aliphatic rings. The third-order valence-electron chi connectivity index (χ3n) is 6.57. The fraction of sp³-hybridized carbons (Fsp3) is 0.219. The number of ether oxygens (including phenoxy) is 3. The van der Waals surface area contributed by atoms with Crippen molar-refractivity contribution in [2.45, 2.75) is 31.7 Å². The fourth-order valence-electron chi connectivity index (χ4n) is 4.56. The smallest absolute Gasteiger partial charge is 0.421 e. The summed E-state index contributed by atoms with van der Waals surface area (Å²) in [7, 11) is 1.56. The number of rotatable bonds is 10. The summed E-state index contributed by atoms with van der Waals surface area (Å²) in [5, 5.41) is 2.72. The predicted octanol–water partition coefficient (Wildman–Crippen LogP) is 6.53. The van der Waals surface area contributed by atoms with E-state index < -0.39 is 6.09 Å². The van der Waals surface area contributed by atoms with Gasteiger partial charge < -0.3 is 14.2 Å². The molecule has 9 nitrogen and oxygen atoms in total. The van der Waals surface area contributed by atoms with E-state index >= 15 is 0 Å². The highest BCUT2D eigenvalue weighted by Gasteiger charge is 2.30. The van der Waals surface area contributed by atoms with Gasteiger partial charge in [-0.2, -0.15) is 0 Å². The van der Waals surface area contributed by atoms with Crippen molar-refractivity contribution in [1.82, 2.24) is 15.0 Å². The molecule has 42 heavy (non-hydrogen) atoms. The van der Waals surface area contributed by atoms with Crippen molar-refractivity contribution in [3.8, 4) is 11.6 Å². The zero-order chi connectivity index (χ0) is 29.3. The lowest BCUT2D eigenvalue weighted by atomic mass is 9.98. The molecule has 0 N–H and O–H groups in total. The maximum absolute atomic E-state index is 13.3. The van der Waals surface area contributed by atoms with E-state index in [1.807, 2.05) is 66.1 Å². The van der Waals surface area contributed by atoms with E-state index in [2.05, 4.69) is 9.97 Å². The van der Waals surface area contributed by atoms with Gasteiger partial charge in [-0.3, -0.25) is 9.69 Å². The Morgan fingerprint density at radius 3 is 2.71 bits per heavy atom. The first kappa shape index (κ1) is 28.7. The Labute approximate surface area is 248 Å². The third-order valence-corrected chi connectivity index (χ3v) is 7.55. The SMILES string of the molecule is CCOC(=O)CC(c1ccc(OC)nc1)c1nc(C=CCC2C=Cc3cccnc3N2C(=O)Oc2ccccc2)cs1. The van der Waals surface area contributed by atoms with E-state index in [0.29, 0.717) is 30.5 Å². The number of fused-ring (bicyclic) bond motifs is 1. The molecule has 4 heterocycles. The van der Waals surface area contributed by atoms with Gasteiger partial charge in [-0.15, -0.1) is 11.3 Å². The van der Waals surface area contributed by atoms with Crippen molar-refractivity contribution in [2.24, 2.45) is 0 Å². The van der Waals surface area contributed by atoms with E-state index in [4.69, 9.17) is 19.2 Å². The molecule has 1 aliphatic heterocycles. The summed E-state index contributed by atoms with van der Waals surface area (Å²) in [6.45, 7) is 2.09. The highest BCUT2D eigenvalue weighted by molar-refractivity contribution is 7.09. The van der Waals surface area contributed by atoms with Gasteiger partial charge in [0.25, 0.3) is 0 Å². The average molecular weight is 583 g/mol. The molecule has 0 radical (unpaired) electrons. The first-order valence-corrected chi connectivity index (χ1v) is 14.4. The molecule has 214 valence electrons. The number of aromatic nitrogens is 3. The van der Waals surface area contributed by atoms with Crippen LogP contribution in [0.1, 0.15) is 47.5 Å². The minimum Gasteiger partial charge on any atom is -0.481 e. The Morgan fingerprint density at radius 2 is 1.95 bits per heavy atom. The average Bonchev–Trinajstić information content (AvgIpc) is 3.49. The number of hydrogen-bond donors (Lipinski definition) is 0. The summed E-state index contributed by atoms with van der Waals surface area (Å²) in [5.74, 6) is 0.897. The number of nitrogens with zero attached hydrogens (tertiary/aromatic N) is 4. The highest BCUT2D eigenvalue weighted by atomic mass is 32.1. The highest BCUT2D eigenvalue weighted by Crippen LogP contribution is 2.32. The second kappa shape index (κ2) is 13.7. The molecule has 0 aliphatic carbocycles. The largest absolute Gasteiger partial charge is 0.481 e. The zero-order valence-corrected chi connectivity index (χ0v) is 24.1. The molecular formula is C32H30N4O5S. The second-order valence-corrected chi connectivity index (χ2v) is 10.2. The van der Waals surface area contributed by atoms with Crippen molar-refractivity contribution in [1.29, 1.82) is 0 Å². The molecule has 0 fully saturated rings. The molecular weight excluding hydrogens is 552 g/mol. The molecule has 2 atom stereocenters. The Morgan fingerprint density at radius 1 is 1.10 bits per heavy atom. The van der Waals surface area contributed by atoms with Crippen LogP contribution in [0.25, 0.3) is 12.2 Å². The van der Waals surface area contributed by atoms with Gasteiger partial charge in [0.2, 0.25) is 5.88 Å². The quantitative estimate of drug-likeness (QED) is 0.194. The minimum atomic E-state index is -0.505. The topological polar surface area (TPSA) is 104 Å². The molecule has 0 saturated heterocycles. The van der Waals surface area contributed by atoms with E-state index in [1.54, 1.807) is 49.5 Å². The maximum Gasteiger partial charge on any atom is 0.421 e. The van der Waals surface area contributed by atoms with Crippen LogP contribution in [-0.4, -0.2) is 46.8 Å². The van der Waals surface area contributed by atoms with Crippen LogP contribution in [0.3, 0.4) is 0 Å². The van der Waals surface area contributed by atoms with Crippen LogP contribution >= 0.6 is 11.3 Å². The van der Waals surface area contributed by atoms with Gasteiger partial charge >= 0.3 is 12.1 Å². The van der Waals surface area contributed by atoms with Gasteiger partial charge in [0.15, 0.2) is 0 Å². The number of pyridine rings is 2.